The maximum atomic E-state index is 9.72. The molecule has 0 aliphatic carbocycles. The average Bonchev–Trinajstić information content (AvgIpc) is 2.36. The number of benzene rings is 1. The van der Waals surface area contributed by atoms with E-state index in [1.54, 1.807) is 6.07 Å². The first-order chi connectivity index (χ1) is 8.63. The lowest BCUT2D eigenvalue weighted by Crippen LogP contribution is -2.31. The molecule has 1 unspecified atom stereocenters. The summed E-state index contributed by atoms with van der Waals surface area (Å²) in [5.41, 5.74) is 0.977. The Kier molecular flexibility index (Phi) is 7.09. The van der Waals surface area contributed by atoms with Gasteiger partial charge in [-0.05, 0) is 43.7 Å². The molecule has 0 aliphatic rings. The number of aryl methyl sites for hydroxylation is 1. The smallest absolute Gasteiger partial charge is 0.119 e. The van der Waals surface area contributed by atoms with E-state index in [-0.39, 0.29) is 0 Å². The Morgan fingerprint density at radius 1 is 1.44 bits per heavy atom. The number of ether oxygens (including phenoxy) is 1. The molecule has 0 amide bonds. The predicted molar refractivity (Wildman–Crippen MR) is 75.5 cm³/mol. The van der Waals surface area contributed by atoms with Crippen LogP contribution in [0.25, 0.3) is 0 Å². The zero-order chi connectivity index (χ0) is 13.4. The zero-order valence-electron chi connectivity index (χ0n) is 11.1. The van der Waals surface area contributed by atoms with Crippen LogP contribution < -0.4 is 10.1 Å². The molecular weight excluding hydrogens is 250 g/mol. The van der Waals surface area contributed by atoms with E-state index >= 15 is 0 Å². The monoisotopic (exact) mass is 271 g/mol. The van der Waals surface area contributed by atoms with E-state index in [1.807, 2.05) is 19.1 Å². The van der Waals surface area contributed by atoms with Crippen molar-refractivity contribution >= 4 is 11.6 Å². The first-order valence-electron chi connectivity index (χ1n) is 6.41. The maximum absolute atomic E-state index is 9.72. The second-order valence-electron chi connectivity index (χ2n) is 4.43. The van der Waals surface area contributed by atoms with Gasteiger partial charge in [0, 0.05) is 11.6 Å². The highest BCUT2D eigenvalue weighted by atomic mass is 35.5. The van der Waals surface area contributed by atoms with E-state index in [4.69, 9.17) is 16.3 Å². The topological polar surface area (TPSA) is 41.5 Å². The van der Waals surface area contributed by atoms with Gasteiger partial charge < -0.3 is 15.2 Å². The summed E-state index contributed by atoms with van der Waals surface area (Å²) in [6.45, 7) is 5.86. The van der Waals surface area contributed by atoms with Crippen LogP contribution in [0, 0.1) is 6.92 Å². The summed E-state index contributed by atoms with van der Waals surface area (Å²) in [6, 6.07) is 5.49. The van der Waals surface area contributed by atoms with Crippen LogP contribution in [0.3, 0.4) is 0 Å². The van der Waals surface area contributed by atoms with E-state index in [9.17, 15) is 5.11 Å². The van der Waals surface area contributed by atoms with Crippen molar-refractivity contribution in [3.63, 3.8) is 0 Å². The van der Waals surface area contributed by atoms with Gasteiger partial charge in [-0.3, -0.25) is 0 Å². The third-order valence-electron chi connectivity index (χ3n) is 2.66. The Bertz CT molecular complexity index is 358. The van der Waals surface area contributed by atoms with Gasteiger partial charge in [-0.15, -0.1) is 0 Å². The molecule has 0 fully saturated rings. The normalized spacial score (nSPS) is 12.4. The van der Waals surface area contributed by atoms with E-state index in [2.05, 4.69) is 12.2 Å². The Morgan fingerprint density at radius 3 is 2.89 bits per heavy atom. The molecule has 0 aromatic heterocycles. The molecule has 0 saturated heterocycles. The molecule has 0 saturated carbocycles. The number of rotatable bonds is 8. The first kappa shape index (κ1) is 15.3. The van der Waals surface area contributed by atoms with E-state index in [0.29, 0.717) is 13.2 Å². The highest BCUT2D eigenvalue weighted by molar-refractivity contribution is 6.31. The second kappa shape index (κ2) is 8.35. The minimum Gasteiger partial charge on any atom is -0.491 e. The minimum absolute atomic E-state index is 0.292. The van der Waals surface area contributed by atoms with Crippen LogP contribution in [0.2, 0.25) is 5.02 Å². The average molecular weight is 272 g/mol. The fourth-order valence-corrected chi connectivity index (χ4v) is 1.65. The summed E-state index contributed by atoms with van der Waals surface area (Å²) in [7, 11) is 0. The van der Waals surface area contributed by atoms with Crippen LogP contribution >= 0.6 is 11.6 Å². The van der Waals surface area contributed by atoms with Gasteiger partial charge in [0.2, 0.25) is 0 Å². The minimum atomic E-state index is -0.488. The molecule has 1 aromatic rings. The SMILES string of the molecule is CCCCNCC(O)COc1ccc(Cl)c(C)c1. The molecule has 4 heteroatoms. The summed E-state index contributed by atoms with van der Waals surface area (Å²) in [6.07, 6.45) is 1.80. The zero-order valence-corrected chi connectivity index (χ0v) is 11.8. The Balaban J connectivity index is 2.24. The number of halogens is 1. The molecule has 1 atom stereocenters. The standard InChI is InChI=1S/C14H22ClNO2/c1-3-4-7-16-9-12(17)10-18-13-5-6-14(15)11(2)8-13/h5-6,8,12,16-17H,3-4,7,9-10H2,1-2H3. The molecule has 102 valence electrons. The van der Waals surface area contributed by atoms with Crippen molar-refractivity contribution < 1.29 is 9.84 Å². The molecular formula is C14H22ClNO2. The molecule has 18 heavy (non-hydrogen) atoms. The number of hydrogen-bond acceptors (Lipinski definition) is 3. The van der Waals surface area contributed by atoms with E-state index < -0.39 is 6.10 Å². The van der Waals surface area contributed by atoms with E-state index in [1.165, 1.54) is 0 Å². The van der Waals surface area contributed by atoms with Crippen LogP contribution in [0.4, 0.5) is 0 Å². The van der Waals surface area contributed by atoms with Crippen molar-refractivity contribution in [2.75, 3.05) is 19.7 Å². The van der Waals surface area contributed by atoms with Crippen LogP contribution in [-0.4, -0.2) is 30.9 Å². The molecule has 0 spiro atoms. The third-order valence-corrected chi connectivity index (χ3v) is 3.08. The van der Waals surface area contributed by atoms with Crippen molar-refractivity contribution in [1.29, 1.82) is 0 Å². The van der Waals surface area contributed by atoms with Gasteiger partial charge in [0.15, 0.2) is 0 Å². The van der Waals surface area contributed by atoms with Crippen molar-refractivity contribution in [1.82, 2.24) is 5.32 Å². The summed E-state index contributed by atoms with van der Waals surface area (Å²) < 4.78 is 5.51. The maximum Gasteiger partial charge on any atom is 0.119 e. The van der Waals surface area contributed by atoms with Crippen LogP contribution in [0.1, 0.15) is 25.3 Å². The fourth-order valence-electron chi connectivity index (χ4n) is 1.53. The van der Waals surface area contributed by atoms with Gasteiger partial charge in [-0.25, -0.2) is 0 Å². The molecule has 3 nitrogen and oxygen atoms in total. The van der Waals surface area contributed by atoms with Gasteiger partial charge in [0.25, 0.3) is 0 Å². The van der Waals surface area contributed by atoms with Crippen LogP contribution in [-0.2, 0) is 0 Å². The highest BCUT2D eigenvalue weighted by Gasteiger charge is 2.05. The lowest BCUT2D eigenvalue weighted by atomic mass is 10.2. The van der Waals surface area contributed by atoms with Gasteiger partial charge >= 0.3 is 0 Å². The largest absolute Gasteiger partial charge is 0.491 e. The molecule has 1 rings (SSSR count). The fraction of sp³-hybridized carbons (Fsp3) is 0.571. The van der Waals surface area contributed by atoms with Crippen LogP contribution in [0.15, 0.2) is 18.2 Å². The van der Waals surface area contributed by atoms with Gasteiger partial charge in [-0.1, -0.05) is 24.9 Å². The van der Waals surface area contributed by atoms with Gasteiger partial charge in [0.1, 0.15) is 18.5 Å². The molecule has 1 aromatic carbocycles. The predicted octanol–water partition coefficient (Wildman–Crippen LogP) is 2.78. The lowest BCUT2D eigenvalue weighted by Gasteiger charge is -2.13. The van der Waals surface area contributed by atoms with Crippen molar-refractivity contribution in [3.8, 4) is 5.75 Å². The molecule has 0 radical (unpaired) electrons. The number of aliphatic hydroxyl groups excluding tert-OH is 1. The molecule has 0 heterocycles. The molecule has 0 aliphatic heterocycles. The number of unbranched alkanes of at least 4 members (excludes halogenated alkanes) is 1. The van der Waals surface area contributed by atoms with E-state index in [0.717, 1.165) is 35.7 Å². The van der Waals surface area contributed by atoms with Crippen molar-refractivity contribution in [2.24, 2.45) is 0 Å². The van der Waals surface area contributed by atoms with Gasteiger partial charge in [0.05, 0.1) is 0 Å². The van der Waals surface area contributed by atoms with Crippen molar-refractivity contribution in [3.05, 3.63) is 28.8 Å². The molecule has 0 bridgehead atoms. The summed E-state index contributed by atoms with van der Waals surface area (Å²) >= 11 is 5.93. The Morgan fingerprint density at radius 2 is 2.22 bits per heavy atom. The third kappa shape index (κ3) is 5.71. The quantitative estimate of drug-likeness (QED) is 0.715. The summed E-state index contributed by atoms with van der Waals surface area (Å²) in [5.74, 6) is 0.740. The number of nitrogens with one attached hydrogen (secondary N) is 1. The Hall–Kier alpha value is -0.770. The van der Waals surface area contributed by atoms with Crippen LogP contribution in [0.5, 0.6) is 5.75 Å². The summed E-state index contributed by atoms with van der Waals surface area (Å²) in [4.78, 5) is 0. The summed E-state index contributed by atoms with van der Waals surface area (Å²) in [5, 5.41) is 13.6. The second-order valence-corrected chi connectivity index (χ2v) is 4.84. The molecule has 2 N–H and O–H groups in total. The van der Waals surface area contributed by atoms with Crippen molar-refractivity contribution in [2.45, 2.75) is 32.8 Å². The number of hydrogen-bond donors (Lipinski definition) is 2. The Labute approximate surface area is 114 Å². The highest BCUT2D eigenvalue weighted by Crippen LogP contribution is 2.20. The first-order valence-corrected chi connectivity index (χ1v) is 6.79. The number of aliphatic hydroxyl groups is 1. The lowest BCUT2D eigenvalue weighted by molar-refractivity contribution is 0.106. The van der Waals surface area contributed by atoms with Gasteiger partial charge in [-0.2, -0.15) is 0 Å².